The molecule has 4 nitrogen and oxygen atoms in total. The van der Waals surface area contributed by atoms with E-state index in [1.54, 1.807) is 0 Å². The Bertz CT molecular complexity index is 1620. The van der Waals surface area contributed by atoms with Crippen LogP contribution in [0.5, 0.6) is 0 Å². The second-order valence-electron chi connectivity index (χ2n) is 11.0. The first-order chi connectivity index (χ1) is 20.1. The number of benzene rings is 4. The molecule has 0 amide bonds. The SMILES string of the molecule is N#Cc1cccc(-c2ccc(C(CCc3nc4cc(Cl)c(Cl)cc4[nH]3)C3CCN(Cc4ccccc4)CC3)cc2)c1. The molecule has 1 aliphatic rings. The maximum absolute atomic E-state index is 9.32. The molecular weight excluding hydrogens is 547 g/mol. The average molecular weight is 580 g/mol. The third kappa shape index (κ3) is 6.49. The number of H-pyrrole nitrogens is 1. The summed E-state index contributed by atoms with van der Waals surface area (Å²) < 4.78 is 0. The summed E-state index contributed by atoms with van der Waals surface area (Å²) in [5.74, 6) is 1.99. The number of fused-ring (bicyclic) bond motifs is 1. The summed E-state index contributed by atoms with van der Waals surface area (Å²) >= 11 is 12.5. The number of aromatic amines is 1. The summed E-state index contributed by atoms with van der Waals surface area (Å²) in [4.78, 5) is 10.9. The van der Waals surface area contributed by atoms with Crippen molar-refractivity contribution in [2.75, 3.05) is 13.1 Å². The van der Waals surface area contributed by atoms with Crippen LogP contribution < -0.4 is 0 Å². The van der Waals surface area contributed by atoms with E-state index in [2.05, 4.69) is 76.6 Å². The fourth-order valence-electron chi connectivity index (χ4n) is 6.19. The lowest BCUT2D eigenvalue weighted by atomic mass is 9.77. The van der Waals surface area contributed by atoms with E-state index >= 15 is 0 Å². The molecular formula is C35H32Cl2N4. The number of halogens is 2. The van der Waals surface area contributed by atoms with Gasteiger partial charge in [0.15, 0.2) is 0 Å². The number of nitrogens with one attached hydrogen (secondary N) is 1. The van der Waals surface area contributed by atoms with Crippen LogP contribution in [0, 0.1) is 17.2 Å². The molecule has 1 atom stereocenters. The van der Waals surface area contributed by atoms with Crippen molar-refractivity contribution in [3.63, 3.8) is 0 Å². The lowest BCUT2D eigenvalue weighted by Crippen LogP contribution is -2.35. The van der Waals surface area contributed by atoms with Crippen molar-refractivity contribution in [2.45, 2.75) is 38.1 Å². The van der Waals surface area contributed by atoms with Crippen LogP contribution in [-0.2, 0) is 13.0 Å². The Labute approximate surface area is 251 Å². The molecule has 206 valence electrons. The van der Waals surface area contributed by atoms with E-state index in [1.807, 2.05) is 30.3 Å². The number of rotatable bonds is 8. The Morgan fingerprint density at radius 1 is 0.878 bits per heavy atom. The first kappa shape index (κ1) is 27.5. The third-order valence-electron chi connectivity index (χ3n) is 8.38. The van der Waals surface area contributed by atoms with Crippen LogP contribution in [-0.4, -0.2) is 28.0 Å². The van der Waals surface area contributed by atoms with Crippen LogP contribution in [0.15, 0.2) is 91.0 Å². The minimum atomic E-state index is 0.425. The zero-order valence-corrected chi connectivity index (χ0v) is 24.4. The van der Waals surface area contributed by atoms with Crippen molar-refractivity contribution < 1.29 is 0 Å². The van der Waals surface area contributed by atoms with E-state index in [1.165, 1.54) is 24.0 Å². The molecule has 0 saturated carbocycles. The molecule has 4 aromatic carbocycles. The maximum atomic E-state index is 9.32. The number of aryl methyl sites for hydroxylation is 1. The number of hydrogen-bond donors (Lipinski definition) is 1. The molecule has 41 heavy (non-hydrogen) atoms. The van der Waals surface area contributed by atoms with Gasteiger partial charge in [-0.25, -0.2) is 4.98 Å². The van der Waals surface area contributed by atoms with Crippen LogP contribution in [0.3, 0.4) is 0 Å². The predicted molar refractivity (Wildman–Crippen MR) is 168 cm³/mol. The van der Waals surface area contributed by atoms with E-state index < -0.39 is 0 Å². The number of nitrogens with zero attached hydrogens (tertiary/aromatic N) is 3. The Balaban J connectivity index is 1.21. The molecule has 6 rings (SSSR count). The van der Waals surface area contributed by atoms with E-state index in [9.17, 15) is 5.26 Å². The highest BCUT2D eigenvalue weighted by Crippen LogP contribution is 2.37. The van der Waals surface area contributed by atoms with Crippen molar-refractivity contribution in [3.8, 4) is 17.2 Å². The fourth-order valence-corrected chi connectivity index (χ4v) is 6.51. The Kier molecular flexibility index (Phi) is 8.39. The number of likely N-dealkylation sites (tertiary alicyclic amines) is 1. The van der Waals surface area contributed by atoms with Crippen LogP contribution in [0.4, 0.5) is 0 Å². The molecule has 6 heteroatoms. The van der Waals surface area contributed by atoms with Gasteiger partial charge in [-0.1, -0.05) is 89.9 Å². The van der Waals surface area contributed by atoms with Gasteiger partial charge < -0.3 is 4.98 Å². The van der Waals surface area contributed by atoms with Crippen molar-refractivity contribution in [1.29, 1.82) is 5.26 Å². The van der Waals surface area contributed by atoms with Gasteiger partial charge in [0, 0.05) is 13.0 Å². The van der Waals surface area contributed by atoms with E-state index in [4.69, 9.17) is 28.2 Å². The van der Waals surface area contributed by atoms with Crippen molar-refractivity contribution in [3.05, 3.63) is 124 Å². The minimum absolute atomic E-state index is 0.425. The summed E-state index contributed by atoms with van der Waals surface area (Å²) in [6.07, 6.45) is 4.21. The molecule has 1 aliphatic heterocycles. The summed E-state index contributed by atoms with van der Waals surface area (Å²) in [5, 5.41) is 10.4. The topological polar surface area (TPSA) is 55.7 Å². The second-order valence-corrected chi connectivity index (χ2v) is 11.8. The van der Waals surface area contributed by atoms with Gasteiger partial charge in [0.05, 0.1) is 32.7 Å². The number of hydrogen-bond acceptors (Lipinski definition) is 3. The van der Waals surface area contributed by atoms with Crippen LogP contribution in [0.25, 0.3) is 22.2 Å². The summed E-state index contributed by atoms with van der Waals surface area (Å²) in [6, 6.07) is 33.5. The normalized spacial score (nSPS) is 15.1. The average Bonchev–Trinajstić information content (AvgIpc) is 3.40. The molecule has 0 radical (unpaired) electrons. The van der Waals surface area contributed by atoms with Crippen molar-refractivity contribution in [1.82, 2.24) is 14.9 Å². The standard InChI is InChI=1S/C35H32Cl2N4/c36-31-20-33-34(21-32(31)37)40-35(39-33)14-13-30(28-15-17-41(18-16-28)23-24-5-2-1-3-6-24)27-11-9-26(10-12-27)29-8-4-7-25(19-29)22-38/h1-12,19-21,28,30H,13-18,23H2,(H,39,40). The Morgan fingerprint density at radius 3 is 2.39 bits per heavy atom. The van der Waals surface area contributed by atoms with Gasteiger partial charge in [0.25, 0.3) is 0 Å². The van der Waals surface area contributed by atoms with Gasteiger partial charge in [-0.3, -0.25) is 4.90 Å². The number of piperidine rings is 1. The Hall–Kier alpha value is -3.62. The number of nitriles is 1. The smallest absolute Gasteiger partial charge is 0.107 e. The molecule has 0 bridgehead atoms. The van der Waals surface area contributed by atoms with Crippen molar-refractivity contribution >= 4 is 34.2 Å². The molecule has 1 aromatic heterocycles. The lowest BCUT2D eigenvalue weighted by Gasteiger charge is -2.36. The second kappa shape index (κ2) is 12.5. The summed E-state index contributed by atoms with van der Waals surface area (Å²) in [6.45, 7) is 3.23. The van der Waals surface area contributed by atoms with E-state index in [-0.39, 0.29) is 0 Å². The van der Waals surface area contributed by atoms with Gasteiger partial charge in [-0.15, -0.1) is 0 Å². The quantitative estimate of drug-likeness (QED) is 0.200. The molecule has 1 unspecified atom stereocenters. The predicted octanol–water partition coefficient (Wildman–Crippen LogP) is 9.04. The summed E-state index contributed by atoms with van der Waals surface area (Å²) in [5.41, 5.74) is 7.40. The van der Waals surface area contributed by atoms with E-state index in [0.29, 0.717) is 27.4 Å². The molecule has 0 aliphatic carbocycles. The minimum Gasteiger partial charge on any atom is -0.342 e. The maximum Gasteiger partial charge on any atom is 0.107 e. The first-order valence-electron chi connectivity index (χ1n) is 14.3. The van der Waals surface area contributed by atoms with Gasteiger partial charge in [0.1, 0.15) is 5.82 Å². The van der Waals surface area contributed by atoms with Gasteiger partial charge in [-0.05, 0) is 90.7 Å². The van der Waals surface area contributed by atoms with Gasteiger partial charge in [-0.2, -0.15) is 5.26 Å². The van der Waals surface area contributed by atoms with Crippen LogP contribution in [0.1, 0.15) is 47.7 Å². The first-order valence-corrected chi connectivity index (χ1v) is 15.0. The largest absolute Gasteiger partial charge is 0.342 e. The highest BCUT2D eigenvalue weighted by Gasteiger charge is 2.28. The highest BCUT2D eigenvalue weighted by atomic mass is 35.5. The van der Waals surface area contributed by atoms with Crippen LogP contribution >= 0.6 is 23.2 Å². The molecule has 2 heterocycles. The van der Waals surface area contributed by atoms with Gasteiger partial charge >= 0.3 is 0 Å². The number of imidazole rings is 1. The number of aromatic nitrogens is 2. The third-order valence-corrected chi connectivity index (χ3v) is 9.10. The molecule has 1 fully saturated rings. The lowest BCUT2D eigenvalue weighted by molar-refractivity contribution is 0.159. The van der Waals surface area contributed by atoms with Crippen molar-refractivity contribution in [2.24, 2.45) is 5.92 Å². The van der Waals surface area contributed by atoms with Crippen LogP contribution in [0.2, 0.25) is 10.0 Å². The monoisotopic (exact) mass is 578 g/mol. The van der Waals surface area contributed by atoms with E-state index in [0.717, 1.165) is 60.5 Å². The zero-order valence-electron chi connectivity index (χ0n) is 22.9. The zero-order chi connectivity index (χ0) is 28.2. The molecule has 1 N–H and O–H groups in total. The van der Waals surface area contributed by atoms with Gasteiger partial charge in [0.2, 0.25) is 0 Å². The molecule has 1 saturated heterocycles. The molecule has 5 aromatic rings. The highest BCUT2D eigenvalue weighted by molar-refractivity contribution is 6.42. The Morgan fingerprint density at radius 2 is 1.63 bits per heavy atom. The fraction of sp³-hybridized carbons (Fsp3) is 0.257. The molecule has 0 spiro atoms. The summed E-state index contributed by atoms with van der Waals surface area (Å²) in [7, 11) is 0.